The number of benzene rings is 2. The third-order valence-corrected chi connectivity index (χ3v) is 4.97. The summed E-state index contributed by atoms with van der Waals surface area (Å²) in [5, 5.41) is 4.73. The molecule has 1 atom stereocenters. The van der Waals surface area contributed by atoms with Crippen molar-refractivity contribution in [3.05, 3.63) is 52.6 Å². The first-order valence-corrected chi connectivity index (χ1v) is 9.71. The lowest BCUT2D eigenvalue weighted by Crippen LogP contribution is -2.45. The molecule has 0 spiro atoms. The molecule has 1 aliphatic rings. The molecule has 0 radical (unpaired) electrons. The molecular weight excluding hydrogens is 354 g/mol. The molecule has 0 saturated carbocycles. The van der Waals surface area contributed by atoms with E-state index < -0.39 is 11.9 Å². The van der Waals surface area contributed by atoms with E-state index >= 15 is 0 Å². The Morgan fingerprint density at radius 1 is 1.07 bits per heavy atom. The highest BCUT2D eigenvalue weighted by Crippen LogP contribution is 2.23. The number of hydrogen-bond donors (Lipinski definition) is 1. The van der Waals surface area contributed by atoms with Gasteiger partial charge in [0.25, 0.3) is 5.56 Å². The van der Waals surface area contributed by atoms with Crippen molar-refractivity contribution in [3.8, 4) is 0 Å². The molecule has 0 unspecified atom stereocenters. The molecule has 1 aliphatic heterocycles. The SMILES string of the molecule is CCCC.Cc1nc2cc3ccccc3cc2c(=O)n1[C@@H]1CCC(=O)NC1=O. The first-order chi connectivity index (χ1) is 13.5. The fraction of sp³-hybridized carbons (Fsp3) is 0.364. The van der Waals surface area contributed by atoms with E-state index in [-0.39, 0.29) is 17.9 Å². The van der Waals surface area contributed by atoms with Crippen LogP contribution in [0.1, 0.15) is 51.4 Å². The fourth-order valence-electron chi connectivity index (χ4n) is 3.29. The Morgan fingerprint density at radius 2 is 1.71 bits per heavy atom. The van der Waals surface area contributed by atoms with Crippen LogP contribution in [0, 0.1) is 6.92 Å². The van der Waals surface area contributed by atoms with Crippen LogP contribution >= 0.6 is 0 Å². The summed E-state index contributed by atoms with van der Waals surface area (Å²) in [5.41, 5.74) is 0.359. The molecule has 3 aromatic rings. The van der Waals surface area contributed by atoms with Crippen molar-refractivity contribution in [2.24, 2.45) is 0 Å². The summed E-state index contributed by atoms with van der Waals surface area (Å²) in [4.78, 5) is 41.0. The zero-order chi connectivity index (χ0) is 20.3. The van der Waals surface area contributed by atoms with Crippen LogP contribution in [0.2, 0.25) is 0 Å². The topological polar surface area (TPSA) is 81.1 Å². The van der Waals surface area contributed by atoms with E-state index in [1.807, 2.05) is 36.4 Å². The predicted molar refractivity (Wildman–Crippen MR) is 110 cm³/mol. The number of aromatic nitrogens is 2. The van der Waals surface area contributed by atoms with Crippen molar-refractivity contribution < 1.29 is 9.59 Å². The highest BCUT2D eigenvalue weighted by molar-refractivity contribution is 6.00. The second-order valence-electron chi connectivity index (χ2n) is 7.02. The summed E-state index contributed by atoms with van der Waals surface area (Å²) in [5.74, 6) is -0.280. The molecule has 146 valence electrons. The third-order valence-electron chi connectivity index (χ3n) is 4.97. The quantitative estimate of drug-likeness (QED) is 0.544. The van der Waals surface area contributed by atoms with Gasteiger partial charge in [-0.1, -0.05) is 51.0 Å². The molecule has 28 heavy (non-hydrogen) atoms. The number of carbonyl (C=O) groups is 2. The fourth-order valence-corrected chi connectivity index (χ4v) is 3.29. The average Bonchev–Trinajstić information content (AvgIpc) is 2.68. The van der Waals surface area contributed by atoms with Gasteiger partial charge in [-0.3, -0.25) is 24.3 Å². The van der Waals surface area contributed by atoms with Gasteiger partial charge >= 0.3 is 0 Å². The lowest BCUT2D eigenvalue weighted by atomic mass is 10.0. The molecule has 6 nitrogen and oxygen atoms in total. The van der Waals surface area contributed by atoms with Gasteiger partial charge in [0.1, 0.15) is 11.9 Å². The summed E-state index contributed by atoms with van der Waals surface area (Å²) in [6, 6.07) is 10.7. The minimum atomic E-state index is -0.696. The predicted octanol–water partition coefficient (Wildman–Crippen LogP) is 3.64. The maximum absolute atomic E-state index is 13.0. The maximum atomic E-state index is 13.0. The Morgan fingerprint density at radius 3 is 2.32 bits per heavy atom. The number of amides is 2. The molecule has 4 rings (SSSR count). The van der Waals surface area contributed by atoms with Crippen LogP contribution in [-0.2, 0) is 9.59 Å². The van der Waals surface area contributed by atoms with Crippen molar-refractivity contribution >= 4 is 33.5 Å². The van der Waals surface area contributed by atoms with Crippen LogP contribution in [0.25, 0.3) is 21.7 Å². The average molecular weight is 379 g/mol. The number of nitrogens with one attached hydrogen (secondary N) is 1. The number of nitrogens with zero attached hydrogens (tertiary/aromatic N) is 2. The number of carbonyl (C=O) groups excluding carboxylic acids is 2. The number of piperidine rings is 1. The van der Waals surface area contributed by atoms with Crippen LogP contribution in [0.3, 0.4) is 0 Å². The van der Waals surface area contributed by atoms with E-state index in [4.69, 9.17) is 0 Å². The Labute approximate surface area is 163 Å². The Balaban J connectivity index is 0.000000516. The summed E-state index contributed by atoms with van der Waals surface area (Å²) in [6.07, 6.45) is 3.17. The van der Waals surface area contributed by atoms with Gasteiger partial charge in [-0.2, -0.15) is 0 Å². The van der Waals surface area contributed by atoms with Gasteiger partial charge in [-0.15, -0.1) is 0 Å². The number of imide groups is 1. The van der Waals surface area contributed by atoms with Gasteiger partial charge in [-0.25, -0.2) is 4.98 Å². The largest absolute Gasteiger partial charge is 0.295 e. The second kappa shape index (κ2) is 8.33. The first kappa shape index (κ1) is 19.7. The number of rotatable bonds is 2. The van der Waals surface area contributed by atoms with E-state index in [0.29, 0.717) is 23.1 Å². The minimum absolute atomic E-state index is 0.220. The van der Waals surface area contributed by atoms with Crippen LogP contribution in [0.5, 0.6) is 0 Å². The number of unbranched alkanes of at least 4 members (excludes halogenated alkanes) is 1. The summed E-state index contributed by atoms with van der Waals surface area (Å²) < 4.78 is 1.40. The molecule has 1 saturated heterocycles. The minimum Gasteiger partial charge on any atom is -0.295 e. The van der Waals surface area contributed by atoms with Crippen molar-refractivity contribution in [2.75, 3.05) is 0 Å². The first-order valence-electron chi connectivity index (χ1n) is 9.71. The summed E-state index contributed by atoms with van der Waals surface area (Å²) in [6.45, 7) is 6.07. The van der Waals surface area contributed by atoms with Crippen LogP contribution < -0.4 is 10.9 Å². The van der Waals surface area contributed by atoms with E-state index in [1.165, 1.54) is 17.4 Å². The van der Waals surface area contributed by atoms with E-state index in [2.05, 4.69) is 24.1 Å². The zero-order valence-corrected chi connectivity index (χ0v) is 16.5. The normalized spacial score (nSPS) is 16.6. The molecule has 2 aromatic carbocycles. The number of fused-ring (bicyclic) bond motifs is 2. The van der Waals surface area contributed by atoms with Crippen LogP contribution in [0.4, 0.5) is 0 Å². The lowest BCUT2D eigenvalue weighted by molar-refractivity contribution is -0.135. The van der Waals surface area contributed by atoms with E-state index in [0.717, 1.165) is 10.8 Å². The van der Waals surface area contributed by atoms with Crippen molar-refractivity contribution in [3.63, 3.8) is 0 Å². The highest BCUT2D eigenvalue weighted by atomic mass is 16.2. The maximum Gasteiger partial charge on any atom is 0.262 e. The van der Waals surface area contributed by atoms with Crippen LogP contribution in [0.15, 0.2) is 41.2 Å². The smallest absolute Gasteiger partial charge is 0.262 e. The summed E-state index contributed by atoms with van der Waals surface area (Å²) in [7, 11) is 0. The summed E-state index contributed by atoms with van der Waals surface area (Å²) >= 11 is 0. The number of aryl methyl sites for hydroxylation is 1. The van der Waals surface area contributed by atoms with Crippen LogP contribution in [-0.4, -0.2) is 21.4 Å². The van der Waals surface area contributed by atoms with Gasteiger partial charge in [0.05, 0.1) is 10.9 Å². The van der Waals surface area contributed by atoms with Crippen molar-refractivity contribution in [2.45, 2.75) is 52.5 Å². The van der Waals surface area contributed by atoms with Gasteiger partial charge < -0.3 is 0 Å². The molecule has 2 amide bonds. The Kier molecular flexibility index (Phi) is 5.87. The Bertz CT molecular complexity index is 1100. The van der Waals surface area contributed by atoms with Gasteiger partial charge in [0.15, 0.2) is 0 Å². The Hall–Kier alpha value is -3.02. The lowest BCUT2D eigenvalue weighted by Gasteiger charge is -2.24. The molecule has 1 N–H and O–H groups in total. The number of hydrogen-bond acceptors (Lipinski definition) is 4. The monoisotopic (exact) mass is 379 g/mol. The van der Waals surface area contributed by atoms with Gasteiger partial charge in [0, 0.05) is 6.42 Å². The molecule has 0 aliphatic carbocycles. The van der Waals surface area contributed by atoms with Crippen molar-refractivity contribution in [1.29, 1.82) is 0 Å². The molecule has 2 heterocycles. The molecule has 1 aromatic heterocycles. The molecule has 1 fully saturated rings. The highest BCUT2D eigenvalue weighted by Gasteiger charge is 2.30. The molecule has 6 heteroatoms. The molecular formula is C22H25N3O3. The van der Waals surface area contributed by atoms with Gasteiger partial charge in [0.2, 0.25) is 11.8 Å². The molecule has 0 bridgehead atoms. The standard InChI is InChI=1S/C18H15N3O3.C4H10/c1-10-19-14-9-12-5-3-2-4-11(12)8-13(14)18(24)21(10)15-6-7-16(22)20-17(15)23;1-3-4-2/h2-5,8-9,15H,6-7H2,1H3,(H,20,22,23);3-4H2,1-2H3/t15-;/m1./s1. The van der Waals surface area contributed by atoms with E-state index in [9.17, 15) is 14.4 Å². The zero-order valence-electron chi connectivity index (χ0n) is 16.5. The van der Waals surface area contributed by atoms with E-state index in [1.54, 1.807) is 6.92 Å². The van der Waals surface area contributed by atoms with Crippen molar-refractivity contribution in [1.82, 2.24) is 14.9 Å². The third kappa shape index (κ3) is 3.81. The van der Waals surface area contributed by atoms with Gasteiger partial charge in [-0.05, 0) is 36.2 Å². The second-order valence-corrected chi connectivity index (χ2v) is 7.02.